The van der Waals surface area contributed by atoms with Gasteiger partial charge in [0.15, 0.2) is 0 Å². The van der Waals surface area contributed by atoms with Gasteiger partial charge in [-0.1, -0.05) is 6.07 Å². The molecule has 1 unspecified atom stereocenters. The predicted octanol–water partition coefficient (Wildman–Crippen LogP) is 0.460. The second kappa shape index (κ2) is 5.27. The first kappa shape index (κ1) is 13.6. The minimum atomic E-state index is -1.53. The number of carboxylic acid groups (broad SMARTS) is 1. The van der Waals surface area contributed by atoms with Gasteiger partial charge in [0.05, 0.1) is 0 Å². The summed E-state index contributed by atoms with van der Waals surface area (Å²) >= 11 is 0. The number of aryl methyl sites for hydroxylation is 1. The number of aliphatic carboxylic acids is 1. The molecule has 5 nitrogen and oxygen atoms in total. The maximum absolute atomic E-state index is 11.8. The first-order valence-electron chi connectivity index (χ1n) is 5.13. The van der Waals surface area contributed by atoms with Gasteiger partial charge in [-0.25, -0.2) is 0 Å². The van der Waals surface area contributed by atoms with E-state index in [0.29, 0.717) is 0 Å². The molecular weight excluding hydrogens is 242 g/mol. The van der Waals surface area contributed by atoms with E-state index in [4.69, 9.17) is 5.11 Å². The van der Waals surface area contributed by atoms with Crippen molar-refractivity contribution in [1.82, 2.24) is 4.57 Å². The summed E-state index contributed by atoms with van der Waals surface area (Å²) in [7, 11) is -1.53. The van der Waals surface area contributed by atoms with Crippen LogP contribution in [0.15, 0.2) is 29.2 Å². The van der Waals surface area contributed by atoms with Gasteiger partial charge < -0.3 is 9.67 Å². The molecule has 1 aromatic rings. The molecule has 1 atom stereocenters. The molecule has 94 valence electrons. The third-order valence-electron chi connectivity index (χ3n) is 2.50. The molecule has 17 heavy (non-hydrogen) atoms. The van der Waals surface area contributed by atoms with Crippen molar-refractivity contribution in [3.63, 3.8) is 0 Å². The highest BCUT2D eigenvalue weighted by atomic mass is 32.2. The van der Waals surface area contributed by atoms with Gasteiger partial charge in [-0.15, -0.1) is 0 Å². The van der Waals surface area contributed by atoms with E-state index < -0.39 is 21.5 Å². The Kier molecular flexibility index (Phi) is 4.22. The Labute approximate surface area is 102 Å². The van der Waals surface area contributed by atoms with Crippen LogP contribution in [0.25, 0.3) is 0 Å². The summed E-state index contributed by atoms with van der Waals surface area (Å²) in [6, 6.07) is 4.73. The molecule has 1 heterocycles. The van der Waals surface area contributed by atoms with Gasteiger partial charge in [-0.05, 0) is 19.9 Å². The maximum Gasteiger partial charge on any atom is 0.321 e. The quantitative estimate of drug-likeness (QED) is 0.831. The first-order chi connectivity index (χ1) is 7.85. The van der Waals surface area contributed by atoms with Crippen LogP contribution >= 0.6 is 0 Å². The maximum atomic E-state index is 11.8. The van der Waals surface area contributed by atoms with Crippen molar-refractivity contribution in [2.45, 2.75) is 25.1 Å². The fraction of sp³-hybridized carbons (Fsp3) is 0.455. The minimum Gasteiger partial charge on any atom is -0.480 e. The Morgan fingerprint density at radius 1 is 1.47 bits per heavy atom. The molecule has 0 aliphatic carbocycles. The van der Waals surface area contributed by atoms with Gasteiger partial charge in [-0.2, -0.15) is 0 Å². The number of pyridine rings is 1. The number of carboxylic acids is 1. The zero-order valence-corrected chi connectivity index (χ0v) is 10.6. The Hall–Kier alpha value is -1.43. The summed E-state index contributed by atoms with van der Waals surface area (Å²) in [5.74, 6) is -0.959. The Morgan fingerprint density at radius 3 is 2.65 bits per heavy atom. The van der Waals surface area contributed by atoms with Gasteiger partial charge in [0.1, 0.15) is 4.75 Å². The highest BCUT2D eigenvalue weighted by Crippen LogP contribution is 2.13. The number of rotatable bonds is 5. The zero-order valence-electron chi connectivity index (χ0n) is 9.75. The lowest BCUT2D eigenvalue weighted by Gasteiger charge is -2.18. The summed E-state index contributed by atoms with van der Waals surface area (Å²) in [6.07, 6.45) is 1.59. The van der Waals surface area contributed by atoms with Crippen molar-refractivity contribution in [1.29, 1.82) is 0 Å². The van der Waals surface area contributed by atoms with Crippen LogP contribution in [0.4, 0.5) is 0 Å². The Bertz CT molecular complexity index is 492. The van der Waals surface area contributed by atoms with Crippen LogP contribution in [0.2, 0.25) is 0 Å². The van der Waals surface area contributed by atoms with Crippen molar-refractivity contribution in [3.8, 4) is 0 Å². The van der Waals surface area contributed by atoms with Crippen LogP contribution in [0.1, 0.15) is 13.8 Å². The molecule has 0 saturated carbocycles. The standard InChI is InChI=1S/C11H15NO4S/c1-11(2,10(14)15)17(16)8-7-12-6-4-3-5-9(12)13/h3-6H,7-8H2,1-2H3,(H,14,15). The molecule has 0 spiro atoms. The van der Waals surface area contributed by atoms with Crippen molar-refractivity contribution < 1.29 is 14.1 Å². The third-order valence-corrected chi connectivity index (χ3v) is 4.37. The smallest absolute Gasteiger partial charge is 0.321 e. The molecule has 0 saturated heterocycles. The van der Waals surface area contributed by atoms with Gasteiger partial charge in [0.2, 0.25) is 0 Å². The van der Waals surface area contributed by atoms with Crippen LogP contribution in [-0.2, 0) is 22.1 Å². The Morgan fingerprint density at radius 2 is 2.12 bits per heavy atom. The topological polar surface area (TPSA) is 76.4 Å². The second-order valence-electron chi connectivity index (χ2n) is 4.10. The molecule has 1 aromatic heterocycles. The van der Waals surface area contributed by atoms with Crippen LogP contribution < -0.4 is 5.56 Å². The normalized spacial score (nSPS) is 13.3. The van der Waals surface area contributed by atoms with E-state index in [1.165, 1.54) is 24.5 Å². The lowest BCUT2D eigenvalue weighted by Crippen LogP contribution is -2.38. The monoisotopic (exact) mass is 257 g/mol. The number of aromatic nitrogens is 1. The van der Waals surface area contributed by atoms with Crippen LogP contribution in [0.5, 0.6) is 0 Å². The summed E-state index contributed by atoms with van der Waals surface area (Å²) in [5, 5.41) is 8.90. The summed E-state index contributed by atoms with van der Waals surface area (Å²) in [4.78, 5) is 22.2. The molecule has 0 amide bonds. The third kappa shape index (κ3) is 3.26. The molecule has 1 rings (SSSR count). The first-order valence-corrected chi connectivity index (χ1v) is 6.45. The highest BCUT2D eigenvalue weighted by molar-refractivity contribution is 7.87. The number of hydrogen-bond donors (Lipinski definition) is 1. The van der Waals surface area contributed by atoms with Gasteiger partial charge in [-0.3, -0.25) is 13.8 Å². The fourth-order valence-electron chi connectivity index (χ4n) is 1.18. The predicted molar refractivity (Wildman–Crippen MR) is 65.4 cm³/mol. The van der Waals surface area contributed by atoms with Crippen molar-refractivity contribution in [2.75, 3.05) is 5.75 Å². The lowest BCUT2D eigenvalue weighted by molar-refractivity contribution is -0.139. The molecule has 6 heteroatoms. The molecule has 0 bridgehead atoms. The lowest BCUT2D eigenvalue weighted by atomic mass is 10.2. The zero-order chi connectivity index (χ0) is 13.1. The highest BCUT2D eigenvalue weighted by Gasteiger charge is 2.33. The van der Waals surface area contributed by atoms with E-state index in [0.717, 1.165) is 0 Å². The van der Waals surface area contributed by atoms with Crippen LogP contribution in [0.3, 0.4) is 0 Å². The number of hydrogen-bond acceptors (Lipinski definition) is 3. The minimum absolute atomic E-state index is 0.142. The van der Waals surface area contributed by atoms with Gasteiger partial charge in [0, 0.05) is 35.4 Å². The average Bonchev–Trinajstić information content (AvgIpc) is 2.27. The average molecular weight is 257 g/mol. The van der Waals surface area contributed by atoms with Gasteiger partial charge >= 0.3 is 5.97 Å². The molecule has 0 radical (unpaired) electrons. The SMILES string of the molecule is CC(C)(C(=O)O)S(=O)CCn1ccccc1=O. The van der Waals surface area contributed by atoms with Crippen molar-refractivity contribution in [2.24, 2.45) is 0 Å². The van der Waals surface area contributed by atoms with Crippen molar-refractivity contribution >= 4 is 16.8 Å². The van der Waals surface area contributed by atoms with E-state index in [9.17, 15) is 13.8 Å². The summed E-state index contributed by atoms with van der Waals surface area (Å²) in [6.45, 7) is 3.08. The largest absolute Gasteiger partial charge is 0.480 e. The molecule has 0 aromatic carbocycles. The van der Waals surface area contributed by atoms with Crippen LogP contribution in [-0.4, -0.2) is 30.4 Å². The fourth-order valence-corrected chi connectivity index (χ4v) is 2.25. The van der Waals surface area contributed by atoms with E-state index in [-0.39, 0.29) is 17.9 Å². The van der Waals surface area contributed by atoms with E-state index in [1.807, 2.05) is 0 Å². The Balaban J connectivity index is 2.70. The van der Waals surface area contributed by atoms with Gasteiger partial charge in [0.25, 0.3) is 5.56 Å². The molecule has 0 fully saturated rings. The van der Waals surface area contributed by atoms with E-state index in [2.05, 4.69) is 0 Å². The molecule has 0 aliphatic heterocycles. The number of nitrogens with zero attached hydrogens (tertiary/aromatic N) is 1. The number of carbonyl (C=O) groups is 1. The molecular formula is C11H15NO4S. The van der Waals surface area contributed by atoms with E-state index in [1.54, 1.807) is 18.3 Å². The second-order valence-corrected chi connectivity index (χ2v) is 6.22. The van der Waals surface area contributed by atoms with E-state index >= 15 is 0 Å². The molecule has 1 N–H and O–H groups in total. The molecule has 0 aliphatic rings. The van der Waals surface area contributed by atoms with Crippen molar-refractivity contribution in [3.05, 3.63) is 34.7 Å². The van der Waals surface area contributed by atoms with Crippen LogP contribution in [0, 0.1) is 0 Å². The summed E-state index contributed by atoms with van der Waals surface area (Å²) in [5.41, 5.74) is -0.183. The summed E-state index contributed by atoms with van der Waals surface area (Å²) < 4.78 is 11.9.